The lowest BCUT2D eigenvalue weighted by atomic mass is 10.0. The zero-order valence-corrected chi connectivity index (χ0v) is 11.2. The summed E-state index contributed by atoms with van der Waals surface area (Å²) >= 11 is 0. The van der Waals surface area contributed by atoms with Crippen molar-refractivity contribution in [3.63, 3.8) is 0 Å². The van der Waals surface area contributed by atoms with E-state index in [1.807, 2.05) is 39.0 Å². The third kappa shape index (κ3) is 4.24. The Labute approximate surface area is 108 Å². The highest BCUT2D eigenvalue weighted by atomic mass is 16.5. The Morgan fingerprint density at radius 2 is 2.06 bits per heavy atom. The summed E-state index contributed by atoms with van der Waals surface area (Å²) in [5.74, 6) is 0.150. The van der Waals surface area contributed by atoms with Crippen molar-refractivity contribution in [2.75, 3.05) is 6.61 Å². The molecule has 0 unspecified atom stereocenters. The van der Waals surface area contributed by atoms with E-state index in [0.717, 1.165) is 22.4 Å². The Hall–Kier alpha value is -1.77. The molecule has 1 aromatic rings. The molecule has 1 rings (SSSR count). The van der Waals surface area contributed by atoms with Gasteiger partial charge in [-0.25, -0.2) is 0 Å². The Bertz CT molecular complexity index is 447. The fourth-order valence-electron chi connectivity index (χ4n) is 1.72. The molecular weight excluding hydrogens is 228 g/mol. The van der Waals surface area contributed by atoms with Gasteiger partial charge in [-0.1, -0.05) is 12.2 Å². The van der Waals surface area contributed by atoms with Gasteiger partial charge in [0.25, 0.3) is 0 Å². The van der Waals surface area contributed by atoms with Gasteiger partial charge in [0, 0.05) is 6.42 Å². The minimum atomic E-state index is -0.765. The molecule has 0 atom stereocenters. The summed E-state index contributed by atoms with van der Waals surface area (Å²) < 4.78 is 5.53. The highest BCUT2D eigenvalue weighted by Gasteiger charge is 2.03. The Kier molecular flexibility index (Phi) is 5.43. The Morgan fingerprint density at radius 1 is 1.33 bits per heavy atom. The van der Waals surface area contributed by atoms with Crippen molar-refractivity contribution >= 4 is 12.0 Å². The van der Waals surface area contributed by atoms with E-state index in [9.17, 15) is 4.79 Å². The predicted molar refractivity (Wildman–Crippen MR) is 73.0 cm³/mol. The fourth-order valence-corrected chi connectivity index (χ4v) is 1.72. The van der Waals surface area contributed by atoms with E-state index in [1.54, 1.807) is 0 Å². The lowest BCUT2D eigenvalue weighted by molar-refractivity contribution is -0.136. The van der Waals surface area contributed by atoms with Crippen LogP contribution < -0.4 is 4.74 Å². The standard InChI is InChI=1S/C15H20O3/c1-4-18-14-10-11(2)13(9-12(14)3)7-5-6-8-15(16)17/h5,7,9-10H,4,6,8H2,1-3H3,(H,16,17)/b7-5+. The minimum Gasteiger partial charge on any atom is -0.494 e. The van der Waals surface area contributed by atoms with E-state index in [2.05, 4.69) is 6.07 Å². The first-order chi connectivity index (χ1) is 8.54. The number of benzene rings is 1. The van der Waals surface area contributed by atoms with Crippen LogP contribution in [0.3, 0.4) is 0 Å². The van der Waals surface area contributed by atoms with Crippen LogP contribution in [0.1, 0.15) is 36.5 Å². The molecule has 0 radical (unpaired) electrons. The second-order valence-electron chi connectivity index (χ2n) is 4.24. The maximum atomic E-state index is 10.4. The number of carboxylic acids is 1. The molecule has 1 aromatic carbocycles. The van der Waals surface area contributed by atoms with Crippen LogP contribution in [-0.2, 0) is 4.79 Å². The van der Waals surface area contributed by atoms with Gasteiger partial charge in [0.2, 0.25) is 0 Å². The number of hydrogen-bond acceptors (Lipinski definition) is 2. The molecule has 0 aliphatic rings. The Morgan fingerprint density at radius 3 is 2.67 bits per heavy atom. The quantitative estimate of drug-likeness (QED) is 0.837. The molecule has 0 saturated heterocycles. The van der Waals surface area contributed by atoms with Crippen molar-refractivity contribution < 1.29 is 14.6 Å². The molecule has 0 spiro atoms. The van der Waals surface area contributed by atoms with Crippen molar-refractivity contribution in [3.8, 4) is 5.75 Å². The molecule has 0 amide bonds. The number of aryl methyl sites for hydroxylation is 2. The van der Waals surface area contributed by atoms with E-state index >= 15 is 0 Å². The van der Waals surface area contributed by atoms with E-state index < -0.39 is 5.97 Å². The van der Waals surface area contributed by atoms with Gasteiger partial charge in [0.05, 0.1) is 6.61 Å². The molecule has 1 N–H and O–H groups in total. The summed E-state index contributed by atoms with van der Waals surface area (Å²) in [7, 11) is 0. The molecule has 0 saturated carbocycles. The molecular formula is C15H20O3. The third-order valence-electron chi connectivity index (χ3n) is 2.69. The van der Waals surface area contributed by atoms with Gasteiger partial charge < -0.3 is 9.84 Å². The number of carbonyl (C=O) groups is 1. The fraction of sp³-hybridized carbons (Fsp3) is 0.400. The number of aliphatic carboxylic acids is 1. The number of ether oxygens (including phenoxy) is 1. The van der Waals surface area contributed by atoms with Gasteiger partial charge in [-0.2, -0.15) is 0 Å². The molecule has 3 nitrogen and oxygen atoms in total. The summed E-state index contributed by atoms with van der Waals surface area (Å²) in [5, 5.41) is 8.55. The lowest BCUT2D eigenvalue weighted by Gasteiger charge is -2.10. The normalized spacial score (nSPS) is 10.8. The number of rotatable bonds is 6. The van der Waals surface area contributed by atoms with Crippen molar-refractivity contribution in [2.24, 2.45) is 0 Å². The van der Waals surface area contributed by atoms with E-state index in [4.69, 9.17) is 9.84 Å². The SMILES string of the molecule is CCOc1cc(C)c(/C=C/CCC(=O)O)cc1C. The van der Waals surface area contributed by atoms with E-state index in [0.29, 0.717) is 13.0 Å². The zero-order valence-electron chi connectivity index (χ0n) is 11.2. The average Bonchev–Trinajstić information content (AvgIpc) is 2.30. The summed E-state index contributed by atoms with van der Waals surface area (Å²) in [6.07, 6.45) is 4.60. The minimum absolute atomic E-state index is 0.172. The van der Waals surface area contributed by atoms with Crippen molar-refractivity contribution in [3.05, 3.63) is 34.9 Å². The molecule has 0 aromatic heterocycles. The molecule has 98 valence electrons. The highest BCUT2D eigenvalue weighted by molar-refractivity contribution is 5.67. The first-order valence-corrected chi connectivity index (χ1v) is 6.17. The van der Waals surface area contributed by atoms with Crippen molar-refractivity contribution in [1.29, 1.82) is 0 Å². The largest absolute Gasteiger partial charge is 0.494 e. The van der Waals surface area contributed by atoms with E-state index in [-0.39, 0.29) is 6.42 Å². The van der Waals surface area contributed by atoms with Crippen LogP contribution >= 0.6 is 0 Å². The third-order valence-corrected chi connectivity index (χ3v) is 2.69. The van der Waals surface area contributed by atoms with Crippen molar-refractivity contribution in [2.45, 2.75) is 33.6 Å². The molecule has 18 heavy (non-hydrogen) atoms. The molecule has 0 heterocycles. The van der Waals surface area contributed by atoms with Gasteiger partial charge in [0.1, 0.15) is 5.75 Å². The highest BCUT2D eigenvalue weighted by Crippen LogP contribution is 2.23. The maximum Gasteiger partial charge on any atom is 0.303 e. The molecule has 0 fully saturated rings. The van der Waals surface area contributed by atoms with Crippen LogP contribution in [0, 0.1) is 13.8 Å². The van der Waals surface area contributed by atoms with Crippen LogP contribution in [0.5, 0.6) is 5.75 Å². The summed E-state index contributed by atoms with van der Waals surface area (Å²) in [4.78, 5) is 10.4. The van der Waals surface area contributed by atoms with Crippen molar-refractivity contribution in [1.82, 2.24) is 0 Å². The molecule has 0 aliphatic carbocycles. The first kappa shape index (κ1) is 14.3. The monoisotopic (exact) mass is 248 g/mol. The summed E-state index contributed by atoms with van der Waals surface area (Å²) in [6, 6.07) is 4.09. The summed E-state index contributed by atoms with van der Waals surface area (Å²) in [5.41, 5.74) is 3.34. The summed E-state index contributed by atoms with van der Waals surface area (Å²) in [6.45, 7) is 6.67. The molecule has 0 aliphatic heterocycles. The number of carboxylic acid groups (broad SMARTS) is 1. The molecule has 3 heteroatoms. The molecule has 0 bridgehead atoms. The van der Waals surface area contributed by atoms with Gasteiger partial charge >= 0.3 is 5.97 Å². The van der Waals surface area contributed by atoms with Gasteiger partial charge in [-0.15, -0.1) is 0 Å². The maximum absolute atomic E-state index is 10.4. The number of hydrogen-bond donors (Lipinski definition) is 1. The van der Waals surface area contributed by atoms with Gasteiger partial charge in [0.15, 0.2) is 0 Å². The second kappa shape index (κ2) is 6.84. The smallest absolute Gasteiger partial charge is 0.303 e. The van der Waals surface area contributed by atoms with Crippen LogP contribution in [0.15, 0.2) is 18.2 Å². The van der Waals surface area contributed by atoms with E-state index in [1.165, 1.54) is 0 Å². The first-order valence-electron chi connectivity index (χ1n) is 6.17. The van der Waals surface area contributed by atoms with Gasteiger partial charge in [-0.3, -0.25) is 4.79 Å². The predicted octanol–water partition coefficient (Wildman–Crippen LogP) is 3.58. The van der Waals surface area contributed by atoms with Crippen LogP contribution in [0.25, 0.3) is 6.08 Å². The second-order valence-corrected chi connectivity index (χ2v) is 4.24. The Balaban J connectivity index is 2.78. The van der Waals surface area contributed by atoms with Gasteiger partial charge in [-0.05, 0) is 56.0 Å². The topological polar surface area (TPSA) is 46.5 Å². The lowest BCUT2D eigenvalue weighted by Crippen LogP contribution is -1.96. The van der Waals surface area contributed by atoms with Crippen LogP contribution in [0.2, 0.25) is 0 Å². The zero-order chi connectivity index (χ0) is 13.5. The average molecular weight is 248 g/mol. The number of allylic oxidation sites excluding steroid dienone is 1. The van der Waals surface area contributed by atoms with Crippen LogP contribution in [0.4, 0.5) is 0 Å². The van der Waals surface area contributed by atoms with Crippen LogP contribution in [-0.4, -0.2) is 17.7 Å².